The topological polar surface area (TPSA) is 58.6 Å². The predicted molar refractivity (Wildman–Crippen MR) is 112 cm³/mol. The largest absolute Gasteiger partial charge is 0.385 e. The highest BCUT2D eigenvalue weighted by molar-refractivity contribution is 5.98. The third-order valence-electron chi connectivity index (χ3n) is 6.61. The Bertz CT molecular complexity index is 710. The van der Waals surface area contributed by atoms with Crippen LogP contribution in [0, 0.1) is 12.3 Å². The maximum Gasteiger partial charge on any atom is 0.254 e. The summed E-state index contributed by atoms with van der Waals surface area (Å²) in [5.41, 5.74) is 2.13. The first kappa shape index (κ1) is 20.8. The van der Waals surface area contributed by atoms with Gasteiger partial charge >= 0.3 is 0 Å². The number of likely N-dealkylation sites (tertiary alicyclic amines) is 1. The maximum absolute atomic E-state index is 13.1. The van der Waals surface area contributed by atoms with Crippen LogP contribution in [0.5, 0.6) is 0 Å². The zero-order chi connectivity index (χ0) is 20.1. The Labute approximate surface area is 168 Å². The lowest BCUT2D eigenvalue weighted by molar-refractivity contribution is -0.126. The first-order valence-corrected chi connectivity index (χ1v) is 10.7. The number of benzene rings is 1. The Morgan fingerprint density at radius 3 is 2.61 bits per heavy atom. The third kappa shape index (κ3) is 4.40. The number of hydrogen-bond donors (Lipinski definition) is 1. The molecule has 0 aromatic heterocycles. The molecule has 154 valence electrons. The van der Waals surface area contributed by atoms with Gasteiger partial charge in [0.15, 0.2) is 0 Å². The number of aryl methyl sites for hydroxylation is 1. The summed E-state index contributed by atoms with van der Waals surface area (Å²) in [7, 11) is 1.68. The van der Waals surface area contributed by atoms with Gasteiger partial charge in [-0.25, -0.2) is 0 Å². The predicted octanol–water partition coefficient (Wildman–Crippen LogP) is 4.55. The summed E-state index contributed by atoms with van der Waals surface area (Å²) in [5, 5.41) is 3.14. The fraction of sp³-hybridized carbons (Fsp3) is 0.652. The van der Waals surface area contributed by atoms with Crippen LogP contribution in [0.1, 0.15) is 74.2 Å². The number of piperidine rings is 1. The third-order valence-corrected chi connectivity index (χ3v) is 6.61. The Balaban J connectivity index is 1.71. The SMILES string of the molecule is COCCC1(C(=O)Nc2ccc(C(=O)N3CCCCC3C)cc2C)CCCC1. The second-order valence-electron chi connectivity index (χ2n) is 8.56. The van der Waals surface area contributed by atoms with Gasteiger partial charge in [0.2, 0.25) is 5.91 Å². The lowest BCUT2D eigenvalue weighted by Crippen LogP contribution is -2.42. The molecule has 1 aromatic rings. The van der Waals surface area contributed by atoms with Crippen molar-refractivity contribution in [1.29, 1.82) is 0 Å². The smallest absolute Gasteiger partial charge is 0.254 e. The van der Waals surface area contributed by atoms with Crippen LogP contribution in [-0.2, 0) is 9.53 Å². The van der Waals surface area contributed by atoms with Gasteiger partial charge in [-0.05, 0) is 76.1 Å². The van der Waals surface area contributed by atoms with E-state index < -0.39 is 0 Å². The summed E-state index contributed by atoms with van der Waals surface area (Å²) in [6, 6.07) is 5.94. The number of anilines is 1. The van der Waals surface area contributed by atoms with Crippen molar-refractivity contribution >= 4 is 17.5 Å². The molecule has 1 aromatic carbocycles. The number of hydrogen-bond acceptors (Lipinski definition) is 3. The van der Waals surface area contributed by atoms with Gasteiger partial charge in [0.05, 0.1) is 5.41 Å². The normalized spacial score (nSPS) is 21.5. The summed E-state index contributed by atoms with van der Waals surface area (Å²) in [5.74, 6) is 0.189. The molecule has 1 saturated carbocycles. The standard InChI is InChI=1S/C23H34N2O3/c1-17-16-19(21(26)25-14-7-4-8-18(25)2)9-10-20(17)24-22(27)23(13-15-28-3)11-5-6-12-23/h9-10,16,18H,4-8,11-15H2,1-3H3,(H,24,27). The van der Waals surface area contributed by atoms with Crippen LogP contribution in [0.4, 0.5) is 5.69 Å². The number of nitrogens with zero attached hydrogens (tertiary/aromatic N) is 1. The lowest BCUT2D eigenvalue weighted by atomic mass is 9.82. The quantitative estimate of drug-likeness (QED) is 0.780. The highest BCUT2D eigenvalue weighted by Gasteiger charge is 2.40. The average Bonchev–Trinajstić information content (AvgIpc) is 3.18. The monoisotopic (exact) mass is 386 g/mol. The minimum atomic E-state index is -0.319. The van der Waals surface area contributed by atoms with Crippen molar-refractivity contribution < 1.29 is 14.3 Å². The zero-order valence-electron chi connectivity index (χ0n) is 17.6. The number of ether oxygens (including phenoxy) is 1. The molecule has 2 aliphatic rings. The Morgan fingerprint density at radius 2 is 1.96 bits per heavy atom. The van der Waals surface area contributed by atoms with Crippen LogP contribution in [0.3, 0.4) is 0 Å². The molecule has 2 amide bonds. The van der Waals surface area contributed by atoms with Crippen LogP contribution < -0.4 is 5.32 Å². The van der Waals surface area contributed by atoms with Crippen LogP contribution in [0.2, 0.25) is 0 Å². The fourth-order valence-electron chi connectivity index (χ4n) is 4.70. The first-order chi connectivity index (χ1) is 13.5. The maximum atomic E-state index is 13.1. The molecule has 1 aliphatic heterocycles. The van der Waals surface area contributed by atoms with E-state index in [0.717, 1.165) is 62.7 Å². The summed E-state index contributed by atoms with van der Waals surface area (Å²) < 4.78 is 5.24. The summed E-state index contributed by atoms with van der Waals surface area (Å²) >= 11 is 0. The van der Waals surface area contributed by atoms with Crippen LogP contribution in [-0.4, -0.2) is 43.0 Å². The number of rotatable bonds is 6. The highest BCUT2D eigenvalue weighted by Crippen LogP contribution is 2.42. The summed E-state index contributed by atoms with van der Waals surface area (Å²) in [6.07, 6.45) is 8.14. The first-order valence-electron chi connectivity index (χ1n) is 10.7. The number of amides is 2. The van der Waals surface area contributed by atoms with Crippen molar-refractivity contribution in [3.8, 4) is 0 Å². The summed E-state index contributed by atoms with van der Waals surface area (Å²) in [6.45, 7) is 5.52. The van der Waals surface area contributed by atoms with E-state index in [1.54, 1.807) is 7.11 Å². The van der Waals surface area contributed by atoms with Crippen LogP contribution in [0.25, 0.3) is 0 Å². The molecule has 2 fully saturated rings. The van der Waals surface area contributed by atoms with Crippen molar-refractivity contribution in [2.24, 2.45) is 5.41 Å². The second kappa shape index (κ2) is 9.08. The molecule has 0 spiro atoms. The molecule has 1 saturated heterocycles. The van der Waals surface area contributed by atoms with Gasteiger partial charge < -0.3 is 15.0 Å². The molecule has 0 bridgehead atoms. The molecule has 3 rings (SSSR count). The van der Waals surface area contributed by atoms with E-state index in [4.69, 9.17) is 4.74 Å². The Morgan fingerprint density at radius 1 is 1.21 bits per heavy atom. The van der Waals surface area contributed by atoms with E-state index in [9.17, 15) is 9.59 Å². The van der Waals surface area contributed by atoms with Crippen molar-refractivity contribution in [3.05, 3.63) is 29.3 Å². The van der Waals surface area contributed by atoms with Crippen molar-refractivity contribution in [3.63, 3.8) is 0 Å². The molecule has 5 nitrogen and oxygen atoms in total. The van der Waals surface area contributed by atoms with E-state index in [-0.39, 0.29) is 17.2 Å². The van der Waals surface area contributed by atoms with Crippen LogP contribution >= 0.6 is 0 Å². The molecular formula is C23H34N2O3. The highest BCUT2D eigenvalue weighted by atomic mass is 16.5. The van der Waals surface area contributed by atoms with Gasteiger partial charge in [0.25, 0.3) is 5.91 Å². The minimum absolute atomic E-state index is 0.0916. The van der Waals surface area contributed by atoms with Gasteiger partial charge in [-0.2, -0.15) is 0 Å². The molecule has 1 unspecified atom stereocenters. The van der Waals surface area contributed by atoms with Gasteiger partial charge in [-0.15, -0.1) is 0 Å². The average molecular weight is 387 g/mol. The number of methoxy groups -OCH3 is 1. The van der Waals surface area contributed by atoms with Gasteiger partial charge in [0.1, 0.15) is 0 Å². The Hall–Kier alpha value is -1.88. The van der Waals surface area contributed by atoms with Gasteiger partial charge in [-0.3, -0.25) is 9.59 Å². The van der Waals surface area contributed by atoms with Gasteiger partial charge in [-0.1, -0.05) is 12.8 Å². The molecular weight excluding hydrogens is 352 g/mol. The second-order valence-corrected chi connectivity index (χ2v) is 8.56. The van der Waals surface area contributed by atoms with Gasteiger partial charge in [0, 0.05) is 37.6 Å². The molecule has 5 heteroatoms. The molecule has 0 radical (unpaired) electrons. The van der Waals surface area contributed by atoms with Crippen LogP contribution in [0.15, 0.2) is 18.2 Å². The molecule has 28 heavy (non-hydrogen) atoms. The van der Waals surface area contributed by atoms with E-state index in [1.165, 1.54) is 6.42 Å². The minimum Gasteiger partial charge on any atom is -0.385 e. The number of carbonyl (C=O) groups is 2. The summed E-state index contributed by atoms with van der Waals surface area (Å²) in [4.78, 5) is 27.9. The fourth-order valence-corrected chi connectivity index (χ4v) is 4.70. The van der Waals surface area contributed by atoms with E-state index in [0.29, 0.717) is 18.2 Å². The van der Waals surface area contributed by atoms with E-state index in [2.05, 4.69) is 12.2 Å². The van der Waals surface area contributed by atoms with E-state index >= 15 is 0 Å². The number of nitrogens with one attached hydrogen (secondary N) is 1. The number of carbonyl (C=O) groups excluding carboxylic acids is 2. The lowest BCUT2D eigenvalue weighted by Gasteiger charge is -2.33. The molecule has 1 atom stereocenters. The zero-order valence-corrected chi connectivity index (χ0v) is 17.6. The van der Waals surface area contributed by atoms with Crippen molar-refractivity contribution in [2.45, 2.75) is 71.3 Å². The van der Waals surface area contributed by atoms with E-state index in [1.807, 2.05) is 30.0 Å². The molecule has 1 N–H and O–H groups in total. The van der Waals surface area contributed by atoms with Crippen molar-refractivity contribution in [2.75, 3.05) is 25.6 Å². The molecule has 1 heterocycles. The Kier molecular flexibility index (Phi) is 6.76. The molecule has 1 aliphatic carbocycles. The van der Waals surface area contributed by atoms with Crippen molar-refractivity contribution in [1.82, 2.24) is 4.90 Å².